The van der Waals surface area contributed by atoms with Gasteiger partial charge in [-0.15, -0.1) is 0 Å². The molecule has 0 spiro atoms. The number of methoxy groups -OCH3 is 2. The summed E-state index contributed by atoms with van der Waals surface area (Å²) in [5.74, 6) is -0.272. The van der Waals surface area contributed by atoms with Crippen LogP contribution in [0.2, 0.25) is 0 Å². The van der Waals surface area contributed by atoms with Crippen molar-refractivity contribution >= 4 is 17.6 Å². The first kappa shape index (κ1) is 21.2. The number of halogens is 1. The summed E-state index contributed by atoms with van der Waals surface area (Å²) < 4.78 is 29.1. The quantitative estimate of drug-likeness (QED) is 0.698. The topological polar surface area (TPSA) is 73.9 Å². The van der Waals surface area contributed by atoms with E-state index in [-0.39, 0.29) is 6.42 Å². The highest BCUT2D eigenvalue weighted by Crippen LogP contribution is 2.28. The average Bonchev–Trinajstić information content (AvgIpc) is 2.68. The molecule has 0 aliphatic carbocycles. The smallest absolute Gasteiger partial charge is 0.306 e. The van der Waals surface area contributed by atoms with Crippen molar-refractivity contribution in [1.29, 1.82) is 0 Å². The van der Waals surface area contributed by atoms with E-state index in [0.29, 0.717) is 29.2 Å². The van der Waals surface area contributed by atoms with E-state index in [0.717, 1.165) is 5.56 Å². The summed E-state index contributed by atoms with van der Waals surface area (Å²) in [6, 6.07) is 9.74. The molecule has 0 saturated heterocycles. The maximum Gasteiger partial charge on any atom is 0.306 e. The Labute approximate surface area is 163 Å². The predicted octanol–water partition coefficient (Wildman–Crippen LogP) is 3.65. The minimum atomic E-state index is -0.998. The second-order valence-electron chi connectivity index (χ2n) is 6.27. The zero-order valence-corrected chi connectivity index (χ0v) is 16.4. The number of benzene rings is 2. The van der Waals surface area contributed by atoms with Crippen molar-refractivity contribution in [2.24, 2.45) is 0 Å². The van der Waals surface area contributed by atoms with Crippen LogP contribution in [-0.2, 0) is 20.7 Å². The van der Waals surface area contributed by atoms with E-state index in [4.69, 9.17) is 14.2 Å². The summed E-state index contributed by atoms with van der Waals surface area (Å²) in [6.45, 7) is 3.10. The first-order chi connectivity index (χ1) is 13.3. The van der Waals surface area contributed by atoms with Crippen LogP contribution in [0.3, 0.4) is 0 Å². The molecule has 2 aromatic rings. The summed E-state index contributed by atoms with van der Waals surface area (Å²) in [4.78, 5) is 24.2. The standard InChI is InChI=1S/C21H24FNO5/c1-13-5-8-16(12-17(13)22)23-21(25)14(2)28-20(24)10-7-15-6-9-18(26-3)19(11-15)27-4/h5-6,8-9,11-12,14H,7,10H2,1-4H3,(H,23,25). The molecule has 150 valence electrons. The lowest BCUT2D eigenvalue weighted by Gasteiger charge is -2.14. The number of rotatable bonds is 8. The van der Waals surface area contributed by atoms with Gasteiger partial charge >= 0.3 is 5.97 Å². The van der Waals surface area contributed by atoms with Gasteiger partial charge in [0.2, 0.25) is 0 Å². The molecule has 2 aromatic carbocycles. The third-order valence-electron chi connectivity index (χ3n) is 4.18. The fourth-order valence-electron chi connectivity index (χ4n) is 2.51. The van der Waals surface area contributed by atoms with Crippen molar-refractivity contribution < 1.29 is 28.2 Å². The third-order valence-corrected chi connectivity index (χ3v) is 4.18. The van der Waals surface area contributed by atoms with Crippen molar-refractivity contribution in [2.45, 2.75) is 32.8 Å². The highest BCUT2D eigenvalue weighted by molar-refractivity contribution is 5.95. The van der Waals surface area contributed by atoms with Crippen LogP contribution in [0, 0.1) is 12.7 Å². The van der Waals surface area contributed by atoms with E-state index in [1.165, 1.54) is 20.1 Å². The lowest BCUT2D eigenvalue weighted by atomic mass is 10.1. The number of nitrogens with one attached hydrogen (secondary N) is 1. The summed E-state index contributed by atoms with van der Waals surface area (Å²) in [7, 11) is 3.09. The number of carbonyl (C=O) groups excluding carboxylic acids is 2. The summed E-state index contributed by atoms with van der Waals surface area (Å²) in [6.07, 6.45) is -0.467. The van der Waals surface area contributed by atoms with Gasteiger partial charge in [0.1, 0.15) is 5.82 Å². The molecular weight excluding hydrogens is 365 g/mol. The zero-order valence-electron chi connectivity index (χ0n) is 16.4. The lowest BCUT2D eigenvalue weighted by Crippen LogP contribution is -2.30. The van der Waals surface area contributed by atoms with Crippen LogP contribution in [0.15, 0.2) is 36.4 Å². The highest BCUT2D eigenvalue weighted by Gasteiger charge is 2.18. The molecule has 28 heavy (non-hydrogen) atoms. The monoisotopic (exact) mass is 389 g/mol. The number of anilines is 1. The van der Waals surface area contributed by atoms with E-state index >= 15 is 0 Å². The molecule has 0 aromatic heterocycles. The Morgan fingerprint density at radius 1 is 1.07 bits per heavy atom. The fourth-order valence-corrected chi connectivity index (χ4v) is 2.51. The van der Waals surface area contributed by atoms with Crippen molar-refractivity contribution in [1.82, 2.24) is 0 Å². The van der Waals surface area contributed by atoms with Crippen LogP contribution in [0.5, 0.6) is 11.5 Å². The normalized spacial score (nSPS) is 11.5. The van der Waals surface area contributed by atoms with Gasteiger partial charge in [-0.2, -0.15) is 0 Å². The molecule has 0 heterocycles. The predicted molar refractivity (Wildman–Crippen MR) is 103 cm³/mol. The first-order valence-corrected chi connectivity index (χ1v) is 8.81. The number of hydrogen-bond acceptors (Lipinski definition) is 5. The Bertz CT molecular complexity index is 853. The second kappa shape index (κ2) is 9.73. The van der Waals surface area contributed by atoms with Gasteiger partial charge in [-0.1, -0.05) is 12.1 Å². The number of amides is 1. The Morgan fingerprint density at radius 3 is 2.43 bits per heavy atom. The van der Waals surface area contributed by atoms with Gasteiger partial charge in [0.05, 0.1) is 14.2 Å². The maximum absolute atomic E-state index is 13.6. The summed E-state index contributed by atoms with van der Waals surface area (Å²) in [5, 5.41) is 2.53. The number of carbonyl (C=O) groups is 2. The number of hydrogen-bond donors (Lipinski definition) is 1. The number of aryl methyl sites for hydroxylation is 2. The van der Waals surface area contributed by atoms with Crippen molar-refractivity contribution in [2.75, 3.05) is 19.5 Å². The first-order valence-electron chi connectivity index (χ1n) is 8.81. The molecular formula is C21H24FNO5. The molecule has 0 bridgehead atoms. The zero-order chi connectivity index (χ0) is 20.7. The molecule has 0 saturated carbocycles. The third kappa shape index (κ3) is 5.70. The SMILES string of the molecule is COc1ccc(CCC(=O)OC(C)C(=O)Nc2ccc(C)c(F)c2)cc1OC. The molecule has 1 N–H and O–H groups in total. The van der Waals surface area contributed by atoms with Gasteiger partial charge in [-0.3, -0.25) is 9.59 Å². The molecule has 0 aliphatic rings. The van der Waals surface area contributed by atoms with Crippen LogP contribution in [0.25, 0.3) is 0 Å². The van der Waals surface area contributed by atoms with E-state index in [9.17, 15) is 14.0 Å². The van der Waals surface area contributed by atoms with Crippen molar-refractivity contribution in [3.05, 3.63) is 53.3 Å². The summed E-state index contributed by atoms with van der Waals surface area (Å²) >= 11 is 0. The molecule has 2 rings (SSSR count). The molecule has 0 fully saturated rings. The van der Waals surface area contributed by atoms with Gasteiger partial charge in [0.25, 0.3) is 5.91 Å². The van der Waals surface area contributed by atoms with Gasteiger partial charge in [-0.25, -0.2) is 4.39 Å². The van der Waals surface area contributed by atoms with Crippen molar-refractivity contribution in [3.63, 3.8) is 0 Å². The van der Waals surface area contributed by atoms with E-state index in [1.54, 1.807) is 38.3 Å². The van der Waals surface area contributed by atoms with Gasteiger partial charge in [0, 0.05) is 12.1 Å². The van der Waals surface area contributed by atoms with Crippen LogP contribution in [-0.4, -0.2) is 32.2 Å². The molecule has 0 aliphatic heterocycles. The van der Waals surface area contributed by atoms with Gasteiger partial charge in [0.15, 0.2) is 17.6 Å². The average molecular weight is 389 g/mol. The lowest BCUT2D eigenvalue weighted by molar-refractivity contribution is -0.153. The Kier molecular flexibility index (Phi) is 7.37. The Hall–Kier alpha value is -3.09. The number of ether oxygens (including phenoxy) is 3. The Balaban J connectivity index is 1.86. The molecule has 1 unspecified atom stereocenters. The molecule has 0 radical (unpaired) electrons. The van der Waals surface area contributed by atoms with Gasteiger partial charge in [-0.05, 0) is 55.7 Å². The van der Waals surface area contributed by atoms with E-state index < -0.39 is 23.8 Å². The molecule has 1 amide bonds. The molecule has 1 atom stereocenters. The van der Waals surface area contributed by atoms with E-state index in [1.807, 2.05) is 6.07 Å². The second-order valence-corrected chi connectivity index (χ2v) is 6.27. The minimum absolute atomic E-state index is 0.103. The largest absolute Gasteiger partial charge is 0.493 e. The van der Waals surface area contributed by atoms with Crippen molar-refractivity contribution in [3.8, 4) is 11.5 Å². The van der Waals surface area contributed by atoms with Crippen LogP contribution >= 0.6 is 0 Å². The maximum atomic E-state index is 13.6. The Morgan fingerprint density at radius 2 is 1.79 bits per heavy atom. The van der Waals surface area contributed by atoms with Crippen LogP contribution < -0.4 is 14.8 Å². The van der Waals surface area contributed by atoms with Crippen LogP contribution in [0.1, 0.15) is 24.5 Å². The number of esters is 1. The summed E-state index contributed by atoms with van der Waals surface area (Å²) in [5.41, 5.74) is 1.66. The van der Waals surface area contributed by atoms with Gasteiger partial charge < -0.3 is 19.5 Å². The van der Waals surface area contributed by atoms with E-state index in [2.05, 4.69) is 5.32 Å². The molecule has 6 nitrogen and oxygen atoms in total. The molecule has 7 heteroatoms. The fraction of sp³-hybridized carbons (Fsp3) is 0.333. The van der Waals surface area contributed by atoms with Crippen LogP contribution in [0.4, 0.5) is 10.1 Å². The minimum Gasteiger partial charge on any atom is -0.493 e. The highest BCUT2D eigenvalue weighted by atomic mass is 19.1.